The molecule has 3 amide bonds. The molecule has 1 aliphatic carbocycles. The van der Waals surface area contributed by atoms with E-state index in [4.69, 9.17) is 4.98 Å². The highest BCUT2D eigenvalue weighted by atomic mass is 32.1. The highest BCUT2D eigenvalue weighted by Crippen LogP contribution is 2.31. The molecule has 5 rings (SSSR count). The van der Waals surface area contributed by atoms with Crippen LogP contribution in [-0.4, -0.2) is 70.4 Å². The van der Waals surface area contributed by atoms with Crippen molar-refractivity contribution in [2.45, 2.75) is 39.2 Å². The van der Waals surface area contributed by atoms with Crippen LogP contribution in [0.25, 0.3) is 23.0 Å². The lowest BCUT2D eigenvalue weighted by atomic mass is 9.93. The molecule has 0 spiro atoms. The second kappa shape index (κ2) is 9.71. The van der Waals surface area contributed by atoms with Gasteiger partial charge in [-0.1, -0.05) is 13.8 Å². The maximum Gasteiger partial charge on any atom is 0.261 e. The molecule has 2 fully saturated rings. The lowest BCUT2D eigenvalue weighted by Gasteiger charge is -2.28. The lowest BCUT2D eigenvalue weighted by molar-refractivity contribution is -0.124. The lowest BCUT2D eigenvalue weighted by Crippen LogP contribution is -2.39. The number of aromatic nitrogens is 3. The average molecular weight is 522 g/mol. The van der Waals surface area contributed by atoms with Crippen LogP contribution in [0.5, 0.6) is 0 Å². The van der Waals surface area contributed by atoms with Crippen LogP contribution in [0.2, 0.25) is 0 Å². The zero-order valence-corrected chi connectivity index (χ0v) is 22.2. The molecule has 0 aromatic carbocycles. The Kier molecular flexibility index (Phi) is 6.59. The number of carbonyl (C=O) groups is 3. The van der Waals surface area contributed by atoms with Crippen molar-refractivity contribution in [2.75, 3.05) is 32.5 Å². The Morgan fingerprint density at radius 3 is 2.76 bits per heavy atom. The van der Waals surface area contributed by atoms with Gasteiger partial charge in [-0.2, -0.15) is 9.61 Å². The van der Waals surface area contributed by atoms with E-state index in [-0.39, 0.29) is 29.6 Å². The molecular weight excluding hydrogens is 490 g/mol. The third kappa shape index (κ3) is 5.72. The van der Waals surface area contributed by atoms with Crippen LogP contribution in [0, 0.1) is 5.41 Å². The van der Waals surface area contributed by atoms with Crippen LogP contribution in [0.3, 0.4) is 0 Å². The zero-order valence-electron chi connectivity index (χ0n) is 21.4. The first-order valence-corrected chi connectivity index (χ1v) is 13.2. The Labute approximate surface area is 219 Å². The number of nitrogens with one attached hydrogen (secondary N) is 3. The molecule has 2 aliphatic rings. The fourth-order valence-corrected chi connectivity index (χ4v) is 5.30. The van der Waals surface area contributed by atoms with Gasteiger partial charge in [-0.3, -0.25) is 19.7 Å². The molecule has 194 valence electrons. The van der Waals surface area contributed by atoms with Gasteiger partial charge in [0.05, 0.1) is 23.2 Å². The Balaban J connectivity index is 1.44. The molecule has 0 atom stereocenters. The SMILES string of the molecule is CN(C)CC(C)(C)CNC(=O)c1cc(-c2cc(NC3CC3)n3ncc(/C=C4\CC(=O)NC4=O)c3n2)cs1. The third-order valence-corrected chi connectivity index (χ3v) is 7.17. The molecule has 3 N–H and O–H groups in total. The normalized spacial score (nSPS) is 17.2. The average Bonchev–Trinajstić information content (AvgIpc) is 3.20. The Morgan fingerprint density at radius 2 is 2.08 bits per heavy atom. The van der Waals surface area contributed by atoms with Gasteiger partial charge in [-0.05, 0) is 44.5 Å². The molecule has 4 heterocycles. The Hall–Kier alpha value is -3.57. The standard InChI is InChI=1S/C26H31N7O3S/c1-26(2,14-32(3)4)13-27-25(36)20-8-17(12-37-20)19-10-21(29-18-5-6-18)33-23(30-19)16(11-28-33)7-15-9-22(34)31-24(15)35/h7-8,10-12,18,29H,5-6,9,13-14H2,1-4H3,(H,27,36)(H,31,34,35)/b15-7+. The summed E-state index contributed by atoms with van der Waals surface area (Å²) in [5.74, 6) is -0.0142. The molecule has 0 radical (unpaired) electrons. The minimum atomic E-state index is -0.390. The van der Waals surface area contributed by atoms with Crippen molar-refractivity contribution in [3.8, 4) is 11.3 Å². The van der Waals surface area contributed by atoms with E-state index >= 15 is 0 Å². The van der Waals surface area contributed by atoms with Crippen molar-refractivity contribution in [3.63, 3.8) is 0 Å². The van der Waals surface area contributed by atoms with Crippen molar-refractivity contribution >= 4 is 46.6 Å². The Morgan fingerprint density at radius 1 is 1.30 bits per heavy atom. The van der Waals surface area contributed by atoms with Crippen LogP contribution >= 0.6 is 11.3 Å². The van der Waals surface area contributed by atoms with E-state index in [9.17, 15) is 14.4 Å². The first-order chi connectivity index (χ1) is 17.6. The summed E-state index contributed by atoms with van der Waals surface area (Å²) in [6.07, 6.45) is 5.54. The van der Waals surface area contributed by atoms with Crippen LogP contribution in [0.4, 0.5) is 5.82 Å². The summed E-state index contributed by atoms with van der Waals surface area (Å²) < 4.78 is 1.72. The molecule has 1 aliphatic heterocycles. The molecule has 37 heavy (non-hydrogen) atoms. The van der Waals surface area contributed by atoms with Gasteiger partial charge in [0, 0.05) is 47.3 Å². The highest BCUT2D eigenvalue weighted by molar-refractivity contribution is 7.12. The van der Waals surface area contributed by atoms with Gasteiger partial charge in [0.25, 0.3) is 11.8 Å². The number of fused-ring (bicyclic) bond motifs is 1. The number of imide groups is 1. The number of amides is 3. The van der Waals surface area contributed by atoms with E-state index < -0.39 is 0 Å². The van der Waals surface area contributed by atoms with Crippen molar-refractivity contribution in [1.82, 2.24) is 30.1 Å². The monoisotopic (exact) mass is 521 g/mol. The fraction of sp³-hybridized carbons (Fsp3) is 0.423. The fourth-order valence-electron chi connectivity index (χ4n) is 4.49. The molecule has 3 aromatic rings. The topological polar surface area (TPSA) is 121 Å². The number of nitrogens with zero attached hydrogens (tertiary/aromatic N) is 4. The minimum Gasteiger partial charge on any atom is -0.367 e. The van der Waals surface area contributed by atoms with E-state index in [1.807, 2.05) is 31.6 Å². The molecule has 1 saturated carbocycles. The summed E-state index contributed by atoms with van der Waals surface area (Å²) in [4.78, 5) is 44.2. The van der Waals surface area contributed by atoms with Gasteiger partial charge in [-0.15, -0.1) is 11.3 Å². The van der Waals surface area contributed by atoms with Gasteiger partial charge in [0.1, 0.15) is 5.82 Å². The molecule has 10 nitrogen and oxygen atoms in total. The number of anilines is 1. The second-order valence-corrected chi connectivity index (χ2v) is 11.7. The smallest absolute Gasteiger partial charge is 0.261 e. The molecule has 11 heteroatoms. The van der Waals surface area contributed by atoms with Crippen molar-refractivity contribution < 1.29 is 14.4 Å². The number of rotatable bonds is 9. The van der Waals surface area contributed by atoms with E-state index in [1.165, 1.54) is 11.3 Å². The largest absolute Gasteiger partial charge is 0.367 e. The summed E-state index contributed by atoms with van der Waals surface area (Å²) in [7, 11) is 4.05. The summed E-state index contributed by atoms with van der Waals surface area (Å²) in [6, 6.07) is 4.18. The highest BCUT2D eigenvalue weighted by Gasteiger charge is 2.26. The molecule has 3 aromatic heterocycles. The van der Waals surface area contributed by atoms with E-state index in [2.05, 4.69) is 39.8 Å². The number of hydrogen-bond acceptors (Lipinski definition) is 8. The van der Waals surface area contributed by atoms with Gasteiger partial charge in [-0.25, -0.2) is 4.98 Å². The quantitative estimate of drug-likeness (QED) is 0.292. The summed E-state index contributed by atoms with van der Waals surface area (Å²) in [5, 5.41) is 15.3. The van der Waals surface area contributed by atoms with Crippen molar-refractivity contribution in [3.05, 3.63) is 39.7 Å². The van der Waals surface area contributed by atoms with Crippen LogP contribution in [0.15, 0.2) is 29.3 Å². The first-order valence-electron chi connectivity index (χ1n) is 12.3. The van der Waals surface area contributed by atoms with Gasteiger partial charge in [0.15, 0.2) is 5.65 Å². The molecule has 0 unspecified atom stereocenters. The second-order valence-electron chi connectivity index (χ2n) is 10.8. The molecule has 1 saturated heterocycles. The number of hydrogen-bond donors (Lipinski definition) is 3. The van der Waals surface area contributed by atoms with Crippen molar-refractivity contribution in [2.24, 2.45) is 5.41 Å². The predicted molar refractivity (Wildman–Crippen MR) is 143 cm³/mol. The summed E-state index contributed by atoms with van der Waals surface area (Å²) in [5.41, 5.74) is 3.09. The third-order valence-electron chi connectivity index (χ3n) is 6.24. The van der Waals surface area contributed by atoms with Crippen LogP contribution in [-0.2, 0) is 9.59 Å². The first kappa shape index (κ1) is 25.1. The number of carbonyl (C=O) groups excluding carboxylic acids is 3. The predicted octanol–water partition coefficient (Wildman–Crippen LogP) is 2.78. The van der Waals surface area contributed by atoms with Gasteiger partial charge in [0.2, 0.25) is 5.91 Å². The van der Waals surface area contributed by atoms with Crippen LogP contribution in [0.1, 0.15) is 48.3 Å². The van der Waals surface area contributed by atoms with Crippen LogP contribution < -0.4 is 16.0 Å². The van der Waals surface area contributed by atoms with Gasteiger partial charge < -0.3 is 15.5 Å². The summed E-state index contributed by atoms with van der Waals surface area (Å²) in [6.45, 7) is 5.69. The molecule has 0 bridgehead atoms. The maximum absolute atomic E-state index is 12.9. The van der Waals surface area contributed by atoms with Gasteiger partial charge >= 0.3 is 0 Å². The number of thiophene rings is 1. The Bertz CT molecular complexity index is 1410. The van der Waals surface area contributed by atoms with E-state index in [0.29, 0.717) is 39.9 Å². The zero-order chi connectivity index (χ0) is 26.3. The van der Waals surface area contributed by atoms with E-state index in [0.717, 1.165) is 30.8 Å². The minimum absolute atomic E-state index is 0.0391. The summed E-state index contributed by atoms with van der Waals surface area (Å²) >= 11 is 1.38. The van der Waals surface area contributed by atoms with E-state index in [1.54, 1.807) is 16.8 Å². The molecular formula is C26H31N7O3S. The maximum atomic E-state index is 12.9. The van der Waals surface area contributed by atoms with Crippen molar-refractivity contribution in [1.29, 1.82) is 0 Å².